The Labute approximate surface area is 195 Å². The van der Waals surface area contributed by atoms with Gasteiger partial charge < -0.3 is 5.11 Å². The number of aliphatic hydroxyl groups is 1. The molecule has 1 aliphatic heterocycles. The van der Waals surface area contributed by atoms with E-state index >= 15 is 0 Å². The molecule has 1 unspecified atom stereocenters. The standard InChI is InChI=1S/C27H22F3NO3/c1-17-6-5-9-19(16-17)24-23(22(32)15-10-18-7-3-2-4-8-18)25(33)26(34)31(24)21-13-11-20(12-14-21)27(28,29)30/h2-9,11-14,16,24,33H,10,15H2,1H3. The Morgan fingerprint density at radius 3 is 2.26 bits per heavy atom. The number of ketones is 1. The Morgan fingerprint density at radius 2 is 1.65 bits per heavy atom. The third-order valence-electron chi connectivity index (χ3n) is 5.82. The number of halogens is 3. The fourth-order valence-electron chi connectivity index (χ4n) is 4.16. The summed E-state index contributed by atoms with van der Waals surface area (Å²) in [6.07, 6.45) is -4.03. The van der Waals surface area contributed by atoms with Gasteiger partial charge in [-0.15, -0.1) is 0 Å². The number of benzene rings is 3. The zero-order chi connectivity index (χ0) is 24.5. The van der Waals surface area contributed by atoms with Gasteiger partial charge in [0.15, 0.2) is 11.5 Å². The smallest absolute Gasteiger partial charge is 0.416 e. The first-order valence-corrected chi connectivity index (χ1v) is 10.7. The molecule has 0 aliphatic carbocycles. The zero-order valence-corrected chi connectivity index (χ0v) is 18.3. The van der Waals surface area contributed by atoms with E-state index in [1.165, 1.54) is 17.0 Å². The van der Waals surface area contributed by atoms with Crippen molar-refractivity contribution in [1.29, 1.82) is 0 Å². The van der Waals surface area contributed by atoms with Gasteiger partial charge in [0.05, 0.1) is 17.2 Å². The number of nitrogens with zero attached hydrogens (tertiary/aromatic N) is 1. The molecule has 0 saturated heterocycles. The largest absolute Gasteiger partial charge is 0.503 e. The molecule has 1 atom stereocenters. The van der Waals surface area contributed by atoms with Gasteiger partial charge in [0.25, 0.3) is 5.91 Å². The minimum absolute atomic E-state index is 0.0496. The van der Waals surface area contributed by atoms with E-state index in [0.717, 1.165) is 23.3 Å². The van der Waals surface area contributed by atoms with Crippen molar-refractivity contribution in [1.82, 2.24) is 0 Å². The maximum atomic E-state index is 13.3. The second-order valence-corrected chi connectivity index (χ2v) is 8.21. The summed E-state index contributed by atoms with van der Waals surface area (Å²) in [5, 5.41) is 10.7. The molecule has 4 nitrogen and oxygen atoms in total. The fourth-order valence-corrected chi connectivity index (χ4v) is 4.16. The van der Waals surface area contributed by atoms with Crippen LogP contribution in [0.4, 0.5) is 18.9 Å². The predicted molar refractivity (Wildman–Crippen MR) is 122 cm³/mol. The van der Waals surface area contributed by atoms with E-state index in [4.69, 9.17) is 0 Å². The summed E-state index contributed by atoms with van der Waals surface area (Å²) in [7, 11) is 0. The maximum Gasteiger partial charge on any atom is 0.416 e. The van der Waals surface area contributed by atoms with Gasteiger partial charge in [-0.3, -0.25) is 14.5 Å². The zero-order valence-electron chi connectivity index (χ0n) is 18.3. The molecule has 7 heteroatoms. The number of alkyl halides is 3. The van der Waals surface area contributed by atoms with Gasteiger partial charge in [-0.05, 0) is 48.7 Å². The van der Waals surface area contributed by atoms with Crippen molar-refractivity contribution < 1.29 is 27.9 Å². The molecule has 0 fully saturated rings. The highest BCUT2D eigenvalue weighted by Gasteiger charge is 2.44. The molecule has 3 aromatic carbocycles. The molecule has 0 spiro atoms. The summed E-state index contributed by atoms with van der Waals surface area (Å²) in [5.74, 6) is -1.89. The molecule has 0 aromatic heterocycles. The van der Waals surface area contributed by atoms with Crippen molar-refractivity contribution in [3.8, 4) is 0 Å². The molecule has 0 bridgehead atoms. The predicted octanol–water partition coefficient (Wildman–Crippen LogP) is 6.12. The van der Waals surface area contributed by atoms with Crippen molar-refractivity contribution in [2.45, 2.75) is 32.0 Å². The minimum atomic E-state index is -4.53. The van der Waals surface area contributed by atoms with Crippen LogP contribution in [0.15, 0.2) is 90.2 Å². The third-order valence-corrected chi connectivity index (χ3v) is 5.82. The Kier molecular flexibility index (Phi) is 6.28. The molecule has 1 heterocycles. The van der Waals surface area contributed by atoms with Crippen LogP contribution in [0.25, 0.3) is 0 Å². The summed E-state index contributed by atoms with van der Waals surface area (Å²) < 4.78 is 39.1. The molecule has 1 N–H and O–H groups in total. The first kappa shape index (κ1) is 23.3. The lowest BCUT2D eigenvalue weighted by Gasteiger charge is -2.27. The molecule has 4 rings (SSSR count). The Hall–Kier alpha value is -3.87. The van der Waals surface area contributed by atoms with Crippen LogP contribution in [0.1, 0.15) is 34.7 Å². The van der Waals surface area contributed by atoms with Crippen molar-refractivity contribution in [2.24, 2.45) is 0 Å². The number of aryl methyl sites for hydroxylation is 2. The molecule has 1 amide bonds. The molecular weight excluding hydrogens is 443 g/mol. The van der Waals surface area contributed by atoms with E-state index in [1.807, 2.05) is 43.3 Å². The van der Waals surface area contributed by atoms with Crippen molar-refractivity contribution in [3.05, 3.63) is 112 Å². The average molecular weight is 465 g/mol. The Bertz CT molecular complexity index is 1250. The molecular formula is C27H22F3NO3. The van der Waals surface area contributed by atoms with Crippen LogP contribution >= 0.6 is 0 Å². The van der Waals surface area contributed by atoms with Gasteiger partial charge >= 0.3 is 6.18 Å². The first-order valence-electron chi connectivity index (χ1n) is 10.7. The number of carbonyl (C=O) groups excluding carboxylic acids is 2. The van der Waals surface area contributed by atoms with Gasteiger partial charge in [0.2, 0.25) is 0 Å². The molecule has 0 radical (unpaired) electrons. The van der Waals surface area contributed by atoms with Gasteiger partial charge in [-0.1, -0.05) is 60.2 Å². The maximum absolute atomic E-state index is 13.3. The van der Waals surface area contributed by atoms with Crippen molar-refractivity contribution in [2.75, 3.05) is 4.90 Å². The Morgan fingerprint density at radius 1 is 0.971 bits per heavy atom. The normalized spacial score (nSPS) is 16.3. The van der Waals surface area contributed by atoms with Gasteiger partial charge in [-0.25, -0.2) is 0 Å². The summed E-state index contributed by atoms with van der Waals surface area (Å²) in [4.78, 5) is 27.5. The fraction of sp³-hybridized carbons (Fsp3) is 0.185. The summed E-state index contributed by atoms with van der Waals surface area (Å²) in [6.45, 7) is 1.85. The Balaban J connectivity index is 1.73. The lowest BCUT2D eigenvalue weighted by molar-refractivity contribution is -0.137. The SMILES string of the molecule is Cc1cccc(C2C(C(=O)CCc3ccccc3)=C(O)C(=O)N2c2ccc(C(F)(F)F)cc2)c1. The number of carbonyl (C=O) groups is 2. The van der Waals surface area contributed by atoms with Crippen LogP contribution in [0.5, 0.6) is 0 Å². The van der Waals surface area contributed by atoms with Gasteiger partial charge in [-0.2, -0.15) is 13.2 Å². The minimum Gasteiger partial charge on any atom is -0.503 e. The van der Waals surface area contributed by atoms with Gasteiger partial charge in [0, 0.05) is 12.1 Å². The van der Waals surface area contributed by atoms with E-state index in [-0.39, 0.29) is 17.7 Å². The van der Waals surface area contributed by atoms with Crippen LogP contribution in [0.3, 0.4) is 0 Å². The number of anilines is 1. The third kappa shape index (κ3) is 4.59. The highest BCUT2D eigenvalue weighted by atomic mass is 19.4. The van der Waals surface area contributed by atoms with E-state index in [0.29, 0.717) is 12.0 Å². The van der Waals surface area contributed by atoms with Gasteiger partial charge in [0.1, 0.15) is 0 Å². The summed E-state index contributed by atoms with van der Waals surface area (Å²) >= 11 is 0. The molecule has 174 valence electrons. The van der Waals surface area contributed by atoms with Crippen LogP contribution in [0, 0.1) is 6.92 Å². The number of rotatable bonds is 6. The lowest BCUT2D eigenvalue weighted by Crippen LogP contribution is -2.31. The quantitative estimate of drug-likeness (QED) is 0.478. The van der Waals surface area contributed by atoms with E-state index in [1.54, 1.807) is 18.2 Å². The monoisotopic (exact) mass is 465 g/mol. The number of Topliss-reactive ketones (excluding diaryl/α,β-unsaturated/α-hetero) is 1. The van der Waals surface area contributed by atoms with E-state index < -0.39 is 35.2 Å². The molecule has 34 heavy (non-hydrogen) atoms. The topological polar surface area (TPSA) is 57.6 Å². The van der Waals surface area contributed by atoms with E-state index in [2.05, 4.69) is 0 Å². The van der Waals surface area contributed by atoms with Crippen LogP contribution in [-0.4, -0.2) is 16.8 Å². The van der Waals surface area contributed by atoms with Crippen LogP contribution in [-0.2, 0) is 22.2 Å². The van der Waals surface area contributed by atoms with Crippen molar-refractivity contribution in [3.63, 3.8) is 0 Å². The number of hydrogen-bond acceptors (Lipinski definition) is 3. The van der Waals surface area contributed by atoms with E-state index in [9.17, 15) is 27.9 Å². The molecule has 0 saturated carbocycles. The second-order valence-electron chi connectivity index (χ2n) is 8.21. The van der Waals surface area contributed by atoms with Crippen LogP contribution in [0.2, 0.25) is 0 Å². The average Bonchev–Trinajstić information content (AvgIpc) is 3.08. The summed E-state index contributed by atoms with van der Waals surface area (Å²) in [5.41, 5.74) is 1.65. The highest BCUT2D eigenvalue weighted by Crippen LogP contribution is 2.42. The molecule has 1 aliphatic rings. The first-order chi connectivity index (χ1) is 16.2. The van der Waals surface area contributed by atoms with Crippen molar-refractivity contribution >= 4 is 17.4 Å². The second kappa shape index (κ2) is 9.17. The van der Waals surface area contributed by atoms with Crippen LogP contribution < -0.4 is 4.90 Å². The molecule has 3 aromatic rings. The highest BCUT2D eigenvalue weighted by molar-refractivity contribution is 6.16. The lowest BCUT2D eigenvalue weighted by atomic mass is 9.92. The number of hydrogen-bond donors (Lipinski definition) is 1. The number of amides is 1. The number of aliphatic hydroxyl groups excluding tert-OH is 1. The summed E-state index contributed by atoms with van der Waals surface area (Å²) in [6, 6.07) is 19.6.